The molecule has 2 aromatic heterocycles. The van der Waals surface area contributed by atoms with E-state index in [2.05, 4.69) is 20.5 Å². The van der Waals surface area contributed by atoms with Crippen molar-refractivity contribution in [3.05, 3.63) is 35.7 Å². The molecule has 0 unspecified atom stereocenters. The number of carbonyl (C=O) groups is 1. The number of aromatic nitrogens is 4. The Hall–Kier alpha value is -2.44. The monoisotopic (exact) mass is 260 g/mol. The molecule has 0 bridgehead atoms. The summed E-state index contributed by atoms with van der Waals surface area (Å²) in [6, 6.07) is 1.62. The number of nitrogens with two attached hydrogens (primary N) is 1. The summed E-state index contributed by atoms with van der Waals surface area (Å²) in [5, 5.41) is 10.5. The van der Waals surface area contributed by atoms with Gasteiger partial charge in [0.25, 0.3) is 5.91 Å². The van der Waals surface area contributed by atoms with Crippen LogP contribution >= 0.6 is 0 Å². The molecule has 0 aliphatic rings. The van der Waals surface area contributed by atoms with E-state index in [1.54, 1.807) is 19.3 Å². The molecule has 1 amide bonds. The highest BCUT2D eigenvalue weighted by atomic mass is 16.1. The van der Waals surface area contributed by atoms with E-state index in [0.717, 1.165) is 5.82 Å². The topological polar surface area (TPSA) is 98.7 Å². The van der Waals surface area contributed by atoms with Crippen molar-refractivity contribution < 1.29 is 4.79 Å². The summed E-state index contributed by atoms with van der Waals surface area (Å²) >= 11 is 0. The zero-order chi connectivity index (χ0) is 13.8. The van der Waals surface area contributed by atoms with E-state index in [-0.39, 0.29) is 5.91 Å². The molecular formula is C12H16N6O. The molecule has 2 aromatic rings. The smallest absolute Gasteiger partial charge is 0.253 e. The van der Waals surface area contributed by atoms with E-state index in [0.29, 0.717) is 29.9 Å². The van der Waals surface area contributed by atoms with Crippen molar-refractivity contribution in [2.75, 3.05) is 12.3 Å². The summed E-state index contributed by atoms with van der Waals surface area (Å²) in [5.74, 6) is 0.641. The Bertz CT molecular complexity index is 592. The van der Waals surface area contributed by atoms with Crippen LogP contribution in [-0.4, -0.2) is 32.2 Å². The first-order valence-corrected chi connectivity index (χ1v) is 5.91. The number of pyridine rings is 1. The number of nitrogen functional groups attached to an aromatic ring is 1. The highest BCUT2D eigenvalue weighted by molar-refractivity contribution is 5.95. The molecule has 0 radical (unpaired) electrons. The molecule has 7 nitrogen and oxygen atoms in total. The first kappa shape index (κ1) is 13.0. The average Bonchev–Trinajstić information content (AvgIpc) is 2.78. The van der Waals surface area contributed by atoms with Gasteiger partial charge in [-0.25, -0.2) is 0 Å². The molecule has 2 heterocycles. The maximum Gasteiger partial charge on any atom is 0.253 e. The van der Waals surface area contributed by atoms with E-state index >= 15 is 0 Å². The van der Waals surface area contributed by atoms with Crippen molar-refractivity contribution in [1.29, 1.82) is 0 Å². The number of anilines is 1. The third kappa shape index (κ3) is 3.06. The summed E-state index contributed by atoms with van der Waals surface area (Å²) in [7, 11) is 1.86. The Balaban J connectivity index is 1.94. The molecule has 0 saturated heterocycles. The fraction of sp³-hybridized carbons (Fsp3) is 0.333. The molecule has 100 valence electrons. The lowest BCUT2D eigenvalue weighted by atomic mass is 10.2. The minimum atomic E-state index is -0.181. The van der Waals surface area contributed by atoms with Gasteiger partial charge in [0.2, 0.25) is 0 Å². The van der Waals surface area contributed by atoms with Crippen molar-refractivity contribution in [2.45, 2.75) is 13.3 Å². The van der Waals surface area contributed by atoms with E-state index in [1.807, 2.05) is 11.6 Å². The van der Waals surface area contributed by atoms with E-state index < -0.39 is 0 Å². The number of carbonyl (C=O) groups excluding carboxylic acids is 1. The second-order valence-electron chi connectivity index (χ2n) is 4.27. The van der Waals surface area contributed by atoms with Gasteiger partial charge in [0.1, 0.15) is 12.2 Å². The summed E-state index contributed by atoms with van der Waals surface area (Å²) < 4.78 is 1.82. The molecular weight excluding hydrogens is 244 g/mol. The van der Waals surface area contributed by atoms with Crippen LogP contribution in [-0.2, 0) is 13.5 Å². The van der Waals surface area contributed by atoms with Gasteiger partial charge in [-0.1, -0.05) is 0 Å². The van der Waals surface area contributed by atoms with Crippen LogP contribution in [0.5, 0.6) is 0 Å². The van der Waals surface area contributed by atoms with Crippen LogP contribution in [0.15, 0.2) is 18.6 Å². The highest BCUT2D eigenvalue weighted by Gasteiger charge is 2.10. The van der Waals surface area contributed by atoms with E-state index in [1.165, 1.54) is 6.20 Å². The van der Waals surface area contributed by atoms with Crippen LogP contribution < -0.4 is 11.1 Å². The predicted molar refractivity (Wildman–Crippen MR) is 70.4 cm³/mol. The molecule has 0 aliphatic heterocycles. The fourth-order valence-corrected chi connectivity index (χ4v) is 1.70. The average molecular weight is 260 g/mol. The number of aryl methyl sites for hydroxylation is 2. The summed E-state index contributed by atoms with van der Waals surface area (Å²) in [6.07, 6.45) is 3.78. The molecule has 0 fully saturated rings. The first-order valence-electron chi connectivity index (χ1n) is 5.91. The zero-order valence-corrected chi connectivity index (χ0v) is 10.9. The van der Waals surface area contributed by atoms with E-state index in [9.17, 15) is 4.79 Å². The van der Waals surface area contributed by atoms with Crippen LogP contribution in [0.2, 0.25) is 0 Å². The van der Waals surface area contributed by atoms with Crippen molar-refractivity contribution >= 4 is 11.6 Å². The number of hydrogen-bond acceptors (Lipinski definition) is 5. The second kappa shape index (κ2) is 5.47. The van der Waals surface area contributed by atoms with Gasteiger partial charge < -0.3 is 15.6 Å². The maximum absolute atomic E-state index is 12.0. The fourth-order valence-electron chi connectivity index (χ4n) is 1.70. The van der Waals surface area contributed by atoms with Gasteiger partial charge in [0, 0.05) is 20.0 Å². The molecule has 3 N–H and O–H groups in total. The minimum Gasteiger partial charge on any atom is -0.397 e. The zero-order valence-electron chi connectivity index (χ0n) is 10.9. The largest absolute Gasteiger partial charge is 0.397 e. The van der Waals surface area contributed by atoms with Crippen molar-refractivity contribution in [3.63, 3.8) is 0 Å². The molecule has 2 rings (SSSR count). The second-order valence-corrected chi connectivity index (χ2v) is 4.27. The van der Waals surface area contributed by atoms with Gasteiger partial charge in [-0.15, -0.1) is 10.2 Å². The molecule has 19 heavy (non-hydrogen) atoms. The van der Waals surface area contributed by atoms with Crippen LogP contribution in [0.1, 0.15) is 21.9 Å². The molecule has 0 aromatic carbocycles. The summed E-state index contributed by atoms with van der Waals surface area (Å²) in [4.78, 5) is 16.0. The first-order chi connectivity index (χ1) is 9.08. The van der Waals surface area contributed by atoms with Gasteiger partial charge in [-0.3, -0.25) is 9.78 Å². The Morgan fingerprint density at radius 2 is 2.32 bits per heavy atom. The van der Waals surface area contributed by atoms with Gasteiger partial charge in [-0.05, 0) is 13.0 Å². The van der Waals surface area contributed by atoms with Crippen LogP contribution in [0.25, 0.3) is 0 Å². The lowest BCUT2D eigenvalue weighted by molar-refractivity contribution is 0.0953. The standard InChI is InChI=1S/C12H16N6O/c1-8-10(5-9(13)6-15-8)12(19)14-4-3-11-17-16-7-18(11)2/h5-7H,3-4,13H2,1-2H3,(H,14,19). The molecule has 7 heteroatoms. The van der Waals surface area contributed by atoms with Crippen LogP contribution in [0.4, 0.5) is 5.69 Å². The van der Waals surface area contributed by atoms with Gasteiger partial charge >= 0.3 is 0 Å². The summed E-state index contributed by atoms with van der Waals surface area (Å²) in [5.41, 5.74) is 7.26. The Morgan fingerprint density at radius 1 is 1.53 bits per heavy atom. The number of amides is 1. The number of hydrogen-bond donors (Lipinski definition) is 2. The molecule has 0 spiro atoms. The summed E-state index contributed by atoms with van der Waals surface area (Å²) in [6.45, 7) is 2.26. The number of nitrogens with one attached hydrogen (secondary N) is 1. The lowest BCUT2D eigenvalue weighted by Crippen LogP contribution is -2.27. The van der Waals surface area contributed by atoms with Crippen molar-refractivity contribution in [3.8, 4) is 0 Å². The third-order valence-corrected chi connectivity index (χ3v) is 2.79. The SMILES string of the molecule is Cc1ncc(N)cc1C(=O)NCCc1nncn1C. The van der Waals surface area contributed by atoms with Gasteiger partial charge in [-0.2, -0.15) is 0 Å². The van der Waals surface area contributed by atoms with Crippen LogP contribution in [0, 0.1) is 6.92 Å². The van der Waals surface area contributed by atoms with E-state index in [4.69, 9.17) is 5.73 Å². The normalized spacial score (nSPS) is 10.4. The quantitative estimate of drug-likeness (QED) is 0.810. The highest BCUT2D eigenvalue weighted by Crippen LogP contribution is 2.09. The molecule has 0 aliphatic carbocycles. The van der Waals surface area contributed by atoms with Gasteiger partial charge in [0.15, 0.2) is 0 Å². The third-order valence-electron chi connectivity index (χ3n) is 2.79. The molecule has 0 atom stereocenters. The Morgan fingerprint density at radius 3 is 3.00 bits per heavy atom. The number of nitrogens with zero attached hydrogens (tertiary/aromatic N) is 4. The van der Waals surface area contributed by atoms with Crippen molar-refractivity contribution in [1.82, 2.24) is 25.1 Å². The Labute approximate surface area is 110 Å². The lowest BCUT2D eigenvalue weighted by Gasteiger charge is -2.07. The van der Waals surface area contributed by atoms with Gasteiger partial charge in [0.05, 0.1) is 23.1 Å². The number of rotatable bonds is 4. The van der Waals surface area contributed by atoms with Crippen molar-refractivity contribution in [2.24, 2.45) is 7.05 Å². The Kier molecular flexibility index (Phi) is 3.74. The van der Waals surface area contributed by atoms with Crippen LogP contribution in [0.3, 0.4) is 0 Å². The molecule has 0 saturated carbocycles. The predicted octanol–water partition coefficient (Wildman–Crippen LogP) is 0.0732. The minimum absolute atomic E-state index is 0.181. The maximum atomic E-state index is 12.0.